The number of nitrogens with one attached hydrogen (secondary N) is 1. The third kappa shape index (κ3) is 5.04. The molecule has 1 N–H and O–H groups in total. The van der Waals surface area contributed by atoms with E-state index in [-0.39, 0.29) is 5.91 Å². The maximum Gasteiger partial charge on any atom is 0.233 e. The number of amides is 1. The van der Waals surface area contributed by atoms with Crippen LogP contribution in [-0.4, -0.2) is 86.6 Å². The van der Waals surface area contributed by atoms with Crippen molar-refractivity contribution in [2.75, 3.05) is 66.0 Å². The molecule has 2 aliphatic rings. The molecule has 0 aromatic carbocycles. The number of hydrogen-bond donors (Lipinski definition) is 1. The number of piperidine rings is 1. The lowest BCUT2D eigenvalue weighted by Gasteiger charge is -2.36. The fraction of sp³-hybridized carbons (Fsp3) is 0.933. The highest BCUT2D eigenvalue weighted by Crippen LogP contribution is 2.15. The minimum atomic E-state index is 0.126. The standard InChI is InChI=1S/C15H30N4O/c1-14-3-5-17(6-4-14)7-8-18-9-11-19(12-10-18)13-15(20)16-2/h14H,3-13H2,1-2H3,(H,16,20). The number of hydrogen-bond acceptors (Lipinski definition) is 4. The van der Waals surface area contributed by atoms with E-state index in [0.29, 0.717) is 6.54 Å². The normalized spacial score (nSPS) is 23.9. The SMILES string of the molecule is CNC(=O)CN1CCN(CCN2CCC(C)CC2)CC1. The van der Waals surface area contributed by atoms with Gasteiger partial charge < -0.3 is 10.2 Å². The third-order valence-corrected chi connectivity index (χ3v) is 4.72. The van der Waals surface area contributed by atoms with Crippen molar-refractivity contribution in [1.29, 1.82) is 0 Å². The first-order valence-corrected chi connectivity index (χ1v) is 8.05. The van der Waals surface area contributed by atoms with E-state index in [1.807, 2.05) is 0 Å². The highest BCUT2D eigenvalue weighted by Gasteiger charge is 2.20. The lowest BCUT2D eigenvalue weighted by Crippen LogP contribution is -2.50. The van der Waals surface area contributed by atoms with Crippen molar-refractivity contribution < 1.29 is 4.79 Å². The van der Waals surface area contributed by atoms with Crippen molar-refractivity contribution in [3.05, 3.63) is 0 Å². The minimum absolute atomic E-state index is 0.126. The lowest BCUT2D eigenvalue weighted by atomic mass is 9.99. The predicted octanol–water partition coefficient (Wildman–Crippen LogP) is 0.0819. The Hall–Kier alpha value is -0.650. The highest BCUT2D eigenvalue weighted by molar-refractivity contribution is 5.77. The molecule has 0 aromatic rings. The molecule has 0 saturated carbocycles. The second kappa shape index (κ2) is 7.96. The monoisotopic (exact) mass is 282 g/mol. The third-order valence-electron chi connectivity index (χ3n) is 4.72. The zero-order chi connectivity index (χ0) is 14.4. The van der Waals surface area contributed by atoms with Gasteiger partial charge in [0.1, 0.15) is 0 Å². The maximum absolute atomic E-state index is 11.3. The molecule has 1 amide bonds. The number of likely N-dealkylation sites (N-methyl/N-ethyl adjacent to an activating group) is 1. The summed E-state index contributed by atoms with van der Waals surface area (Å²) in [5.74, 6) is 1.04. The van der Waals surface area contributed by atoms with Gasteiger partial charge in [-0.1, -0.05) is 6.92 Å². The molecule has 0 aromatic heterocycles. The van der Waals surface area contributed by atoms with Crippen LogP contribution in [0.25, 0.3) is 0 Å². The van der Waals surface area contributed by atoms with Gasteiger partial charge in [0.15, 0.2) is 0 Å². The van der Waals surface area contributed by atoms with Gasteiger partial charge in [0.2, 0.25) is 5.91 Å². The molecule has 2 fully saturated rings. The van der Waals surface area contributed by atoms with Gasteiger partial charge in [-0.3, -0.25) is 14.6 Å². The van der Waals surface area contributed by atoms with Crippen LogP contribution in [0.5, 0.6) is 0 Å². The molecule has 0 unspecified atom stereocenters. The Bertz CT molecular complexity index is 294. The van der Waals surface area contributed by atoms with Gasteiger partial charge in [0.25, 0.3) is 0 Å². The second-order valence-electron chi connectivity index (χ2n) is 6.32. The molecule has 2 saturated heterocycles. The average Bonchev–Trinajstić information content (AvgIpc) is 2.48. The van der Waals surface area contributed by atoms with E-state index >= 15 is 0 Å². The molecule has 0 bridgehead atoms. The summed E-state index contributed by atoms with van der Waals surface area (Å²) in [5, 5.41) is 2.69. The van der Waals surface area contributed by atoms with E-state index in [1.165, 1.54) is 39.0 Å². The van der Waals surface area contributed by atoms with Gasteiger partial charge >= 0.3 is 0 Å². The summed E-state index contributed by atoms with van der Waals surface area (Å²) in [4.78, 5) is 18.7. The van der Waals surface area contributed by atoms with Gasteiger partial charge in [0.05, 0.1) is 6.54 Å². The molecule has 5 heteroatoms. The summed E-state index contributed by atoms with van der Waals surface area (Å²) in [5.41, 5.74) is 0. The molecule has 5 nitrogen and oxygen atoms in total. The first kappa shape index (κ1) is 15.7. The van der Waals surface area contributed by atoms with Crippen LogP contribution in [0.4, 0.5) is 0 Å². The number of carbonyl (C=O) groups is 1. The average molecular weight is 282 g/mol. The van der Waals surface area contributed by atoms with Crippen molar-refractivity contribution >= 4 is 5.91 Å². The summed E-state index contributed by atoms with van der Waals surface area (Å²) in [7, 11) is 1.71. The number of carbonyl (C=O) groups excluding carboxylic acids is 1. The van der Waals surface area contributed by atoms with Crippen LogP contribution in [0.3, 0.4) is 0 Å². The van der Waals surface area contributed by atoms with Crippen molar-refractivity contribution in [2.45, 2.75) is 19.8 Å². The molecule has 0 atom stereocenters. The number of rotatable bonds is 5. The summed E-state index contributed by atoms with van der Waals surface area (Å²) < 4.78 is 0. The Labute approximate surface area is 123 Å². The Kier molecular flexibility index (Phi) is 6.26. The smallest absolute Gasteiger partial charge is 0.233 e. The highest BCUT2D eigenvalue weighted by atomic mass is 16.1. The summed E-state index contributed by atoms with van der Waals surface area (Å²) >= 11 is 0. The Balaban J connectivity index is 1.59. The van der Waals surface area contributed by atoms with E-state index < -0.39 is 0 Å². The minimum Gasteiger partial charge on any atom is -0.358 e. The Morgan fingerprint density at radius 2 is 1.45 bits per heavy atom. The van der Waals surface area contributed by atoms with Gasteiger partial charge in [0, 0.05) is 46.3 Å². The van der Waals surface area contributed by atoms with E-state index in [4.69, 9.17) is 0 Å². The van der Waals surface area contributed by atoms with E-state index in [9.17, 15) is 4.79 Å². The number of nitrogens with zero attached hydrogens (tertiary/aromatic N) is 3. The summed E-state index contributed by atoms with van der Waals surface area (Å²) in [6.45, 7) is 12.1. The van der Waals surface area contributed by atoms with Crippen LogP contribution in [0.2, 0.25) is 0 Å². The van der Waals surface area contributed by atoms with Crippen LogP contribution in [0.1, 0.15) is 19.8 Å². The molecule has 0 radical (unpaired) electrons. The Morgan fingerprint density at radius 3 is 2.00 bits per heavy atom. The zero-order valence-corrected chi connectivity index (χ0v) is 13.1. The van der Waals surface area contributed by atoms with Gasteiger partial charge in [-0.25, -0.2) is 0 Å². The van der Waals surface area contributed by atoms with E-state index in [2.05, 4.69) is 26.9 Å². The van der Waals surface area contributed by atoms with Crippen LogP contribution in [0.15, 0.2) is 0 Å². The van der Waals surface area contributed by atoms with Crippen molar-refractivity contribution in [3.8, 4) is 0 Å². The molecule has 0 aliphatic carbocycles. The quantitative estimate of drug-likeness (QED) is 0.775. The summed E-state index contributed by atoms with van der Waals surface area (Å²) in [6.07, 6.45) is 2.72. The predicted molar refractivity (Wildman–Crippen MR) is 81.8 cm³/mol. The van der Waals surface area contributed by atoms with Crippen molar-refractivity contribution in [1.82, 2.24) is 20.0 Å². The fourth-order valence-electron chi connectivity index (χ4n) is 3.02. The molecule has 2 rings (SSSR count). The van der Waals surface area contributed by atoms with Crippen LogP contribution >= 0.6 is 0 Å². The molecule has 116 valence electrons. The molecule has 2 aliphatic heterocycles. The van der Waals surface area contributed by atoms with Crippen LogP contribution in [0, 0.1) is 5.92 Å². The van der Waals surface area contributed by atoms with Crippen molar-refractivity contribution in [2.24, 2.45) is 5.92 Å². The lowest BCUT2D eigenvalue weighted by molar-refractivity contribution is -0.122. The fourth-order valence-corrected chi connectivity index (χ4v) is 3.02. The first-order chi connectivity index (χ1) is 9.67. The van der Waals surface area contributed by atoms with Gasteiger partial charge in [-0.05, 0) is 31.8 Å². The number of likely N-dealkylation sites (tertiary alicyclic amines) is 1. The molecule has 20 heavy (non-hydrogen) atoms. The number of piperazine rings is 1. The van der Waals surface area contributed by atoms with E-state index in [1.54, 1.807) is 7.05 Å². The maximum atomic E-state index is 11.3. The van der Waals surface area contributed by atoms with Gasteiger partial charge in [-0.2, -0.15) is 0 Å². The molecular weight excluding hydrogens is 252 g/mol. The molecular formula is C15H30N4O. The summed E-state index contributed by atoms with van der Waals surface area (Å²) in [6, 6.07) is 0. The Morgan fingerprint density at radius 1 is 0.950 bits per heavy atom. The largest absolute Gasteiger partial charge is 0.358 e. The second-order valence-corrected chi connectivity index (χ2v) is 6.32. The van der Waals surface area contributed by atoms with Gasteiger partial charge in [-0.15, -0.1) is 0 Å². The topological polar surface area (TPSA) is 38.8 Å². The zero-order valence-electron chi connectivity index (χ0n) is 13.1. The molecule has 0 spiro atoms. The molecule has 2 heterocycles. The van der Waals surface area contributed by atoms with Crippen LogP contribution < -0.4 is 5.32 Å². The first-order valence-electron chi connectivity index (χ1n) is 8.05. The van der Waals surface area contributed by atoms with Crippen molar-refractivity contribution in [3.63, 3.8) is 0 Å². The van der Waals surface area contributed by atoms with Crippen LogP contribution in [-0.2, 0) is 4.79 Å². The van der Waals surface area contributed by atoms with E-state index in [0.717, 1.165) is 32.1 Å².